The van der Waals surface area contributed by atoms with Gasteiger partial charge in [0.25, 0.3) is 0 Å². The first-order valence-electron chi connectivity index (χ1n) is 11.3. The zero-order valence-electron chi connectivity index (χ0n) is 18.6. The van der Waals surface area contributed by atoms with Crippen LogP contribution in [-0.4, -0.2) is 19.9 Å². The van der Waals surface area contributed by atoms with Crippen molar-refractivity contribution >= 4 is 5.71 Å². The maximum Gasteiger partial charge on any atom is 0.364 e. The molecule has 0 saturated heterocycles. The molecule has 1 heterocycles. The van der Waals surface area contributed by atoms with E-state index in [2.05, 4.69) is 29.4 Å². The molecule has 1 saturated carbocycles. The van der Waals surface area contributed by atoms with Crippen LogP contribution in [0.5, 0.6) is 0 Å². The third-order valence-corrected chi connectivity index (χ3v) is 6.79. The smallest absolute Gasteiger partial charge is 0.364 e. The quantitative estimate of drug-likeness (QED) is 0.445. The monoisotopic (exact) mass is 418 g/mol. The Bertz CT molecular complexity index is 1210. The minimum atomic E-state index is -0.0366. The van der Waals surface area contributed by atoms with Crippen molar-refractivity contribution in [3.05, 3.63) is 74.7 Å². The molecular weight excluding hydrogens is 388 g/mol. The van der Waals surface area contributed by atoms with Crippen LogP contribution in [0, 0.1) is 0 Å². The first kappa shape index (κ1) is 19.9. The molecule has 0 unspecified atom stereocenters. The third kappa shape index (κ3) is 3.64. The second-order valence-corrected chi connectivity index (χ2v) is 8.87. The third-order valence-electron chi connectivity index (χ3n) is 6.79. The highest BCUT2D eigenvalue weighted by atomic mass is 16.6. The van der Waals surface area contributed by atoms with Crippen molar-refractivity contribution < 1.29 is 4.84 Å². The summed E-state index contributed by atoms with van der Waals surface area (Å²) >= 11 is 0. The minimum absolute atomic E-state index is 0.0366. The molecular formula is C25H30N4O2. The molecule has 2 aromatic carbocycles. The molecule has 1 fully saturated rings. The number of fused-ring (bicyclic) bond motifs is 1. The Kier molecular flexibility index (Phi) is 5.08. The summed E-state index contributed by atoms with van der Waals surface area (Å²) in [6.45, 7) is 2.35. The molecule has 2 aliphatic rings. The number of rotatable bonds is 6. The fraction of sp³-hybridized carbons (Fsp3) is 0.440. The average molecular weight is 419 g/mol. The van der Waals surface area contributed by atoms with E-state index in [-0.39, 0.29) is 5.69 Å². The minimum Gasteiger partial charge on any atom is -0.391 e. The molecule has 0 atom stereocenters. The van der Waals surface area contributed by atoms with Gasteiger partial charge in [-0.25, -0.2) is 14.3 Å². The number of oxime groups is 1. The summed E-state index contributed by atoms with van der Waals surface area (Å²) in [6.07, 6.45) is 7.27. The summed E-state index contributed by atoms with van der Waals surface area (Å²) in [5.74, 6) is 0.559. The molecule has 0 aliphatic heterocycles. The Balaban J connectivity index is 1.41. The Morgan fingerprint density at radius 2 is 1.87 bits per heavy atom. The van der Waals surface area contributed by atoms with Gasteiger partial charge in [0.2, 0.25) is 0 Å². The number of aryl methyl sites for hydroxylation is 2. The van der Waals surface area contributed by atoms with E-state index in [4.69, 9.17) is 4.84 Å². The van der Waals surface area contributed by atoms with Gasteiger partial charge in [-0.2, -0.15) is 4.68 Å². The van der Waals surface area contributed by atoms with Gasteiger partial charge in [-0.3, -0.25) is 0 Å². The molecule has 0 amide bonds. The zero-order chi connectivity index (χ0) is 21.5. The Hall–Kier alpha value is -3.02. The summed E-state index contributed by atoms with van der Waals surface area (Å²) in [7, 11) is 3.65. The van der Waals surface area contributed by atoms with Crippen molar-refractivity contribution in [2.75, 3.05) is 0 Å². The summed E-state index contributed by atoms with van der Waals surface area (Å²) in [5, 5.41) is 4.45. The zero-order valence-corrected chi connectivity index (χ0v) is 18.6. The van der Waals surface area contributed by atoms with E-state index in [1.807, 2.05) is 30.9 Å². The van der Waals surface area contributed by atoms with Crippen molar-refractivity contribution in [2.24, 2.45) is 19.3 Å². The molecule has 0 bridgehead atoms. The van der Waals surface area contributed by atoms with E-state index in [1.54, 1.807) is 16.4 Å². The molecule has 162 valence electrons. The van der Waals surface area contributed by atoms with E-state index >= 15 is 0 Å². The molecule has 6 heteroatoms. The Morgan fingerprint density at radius 3 is 2.61 bits per heavy atom. The molecule has 0 radical (unpaired) electrons. The number of hydrogen-bond donors (Lipinski definition) is 0. The summed E-state index contributed by atoms with van der Waals surface area (Å²) in [4.78, 5) is 20.1. The lowest BCUT2D eigenvalue weighted by Gasteiger charge is -2.24. The SMILES string of the molecule is C/C(=N/OCc1c(C2CC2)cccc1-n1c(=O)n(C)n1C)c1ccc2c(c1)CCCC2. The van der Waals surface area contributed by atoms with Gasteiger partial charge >= 0.3 is 5.69 Å². The van der Waals surface area contributed by atoms with E-state index in [0.717, 1.165) is 28.9 Å². The summed E-state index contributed by atoms with van der Waals surface area (Å²) < 4.78 is 3.29. The van der Waals surface area contributed by atoms with Gasteiger partial charge in [-0.15, -0.1) is 0 Å². The van der Waals surface area contributed by atoms with E-state index in [1.165, 1.54) is 48.8 Å². The maximum atomic E-state index is 12.4. The van der Waals surface area contributed by atoms with Crippen LogP contribution in [-0.2, 0) is 38.4 Å². The van der Waals surface area contributed by atoms with Crippen LogP contribution in [0.2, 0.25) is 0 Å². The highest BCUT2D eigenvalue weighted by Gasteiger charge is 2.28. The van der Waals surface area contributed by atoms with Crippen LogP contribution in [0.1, 0.15) is 66.3 Å². The van der Waals surface area contributed by atoms with Crippen LogP contribution >= 0.6 is 0 Å². The van der Waals surface area contributed by atoms with Crippen LogP contribution in [0.3, 0.4) is 0 Å². The van der Waals surface area contributed by atoms with Crippen LogP contribution in [0.15, 0.2) is 46.3 Å². The predicted octanol–water partition coefficient (Wildman–Crippen LogP) is 4.21. The molecule has 0 N–H and O–H groups in total. The first-order valence-corrected chi connectivity index (χ1v) is 11.3. The van der Waals surface area contributed by atoms with Gasteiger partial charge in [0.15, 0.2) is 0 Å². The average Bonchev–Trinajstić information content (AvgIpc) is 3.64. The van der Waals surface area contributed by atoms with Gasteiger partial charge < -0.3 is 4.84 Å². The largest absolute Gasteiger partial charge is 0.391 e. The fourth-order valence-electron chi connectivity index (χ4n) is 4.67. The van der Waals surface area contributed by atoms with E-state index in [0.29, 0.717) is 12.5 Å². The summed E-state index contributed by atoms with van der Waals surface area (Å²) in [5.41, 5.74) is 8.10. The first-order chi connectivity index (χ1) is 15.0. The maximum absolute atomic E-state index is 12.4. The highest BCUT2D eigenvalue weighted by molar-refractivity contribution is 5.98. The van der Waals surface area contributed by atoms with Gasteiger partial charge in [0.1, 0.15) is 6.61 Å². The lowest BCUT2D eigenvalue weighted by molar-refractivity contribution is 0.129. The van der Waals surface area contributed by atoms with Crippen LogP contribution in [0.4, 0.5) is 0 Å². The normalized spacial score (nSPS) is 16.4. The van der Waals surface area contributed by atoms with E-state index < -0.39 is 0 Å². The number of aromatic nitrogens is 3. The number of nitrogens with zero attached hydrogens (tertiary/aromatic N) is 4. The predicted molar refractivity (Wildman–Crippen MR) is 122 cm³/mol. The van der Waals surface area contributed by atoms with Crippen molar-refractivity contribution in [2.45, 2.75) is 58.0 Å². The highest BCUT2D eigenvalue weighted by Crippen LogP contribution is 2.43. The molecule has 0 spiro atoms. The molecule has 5 rings (SSSR count). The van der Waals surface area contributed by atoms with Crippen LogP contribution in [0.25, 0.3) is 5.69 Å². The van der Waals surface area contributed by atoms with Crippen molar-refractivity contribution in [3.8, 4) is 5.69 Å². The lowest BCUT2D eigenvalue weighted by Crippen LogP contribution is -2.47. The molecule has 6 nitrogen and oxygen atoms in total. The Morgan fingerprint density at radius 1 is 1.10 bits per heavy atom. The van der Waals surface area contributed by atoms with Crippen LogP contribution < -0.4 is 5.69 Å². The van der Waals surface area contributed by atoms with Gasteiger partial charge in [-0.1, -0.05) is 29.4 Å². The molecule has 31 heavy (non-hydrogen) atoms. The Labute approximate surface area is 182 Å². The van der Waals surface area contributed by atoms with Gasteiger partial charge in [-0.05, 0) is 85.8 Å². The second kappa shape index (κ2) is 7.91. The van der Waals surface area contributed by atoms with Crippen molar-refractivity contribution in [3.63, 3.8) is 0 Å². The molecule has 2 aliphatic carbocycles. The fourth-order valence-corrected chi connectivity index (χ4v) is 4.67. The van der Waals surface area contributed by atoms with Crippen molar-refractivity contribution in [1.29, 1.82) is 0 Å². The second-order valence-electron chi connectivity index (χ2n) is 8.87. The standard InChI is InChI=1S/C25H30N4O2/c1-17(20-14-11-18-7-4-5-8-21(18)15-20)26-31-16-23-22(19-12-13-19)9-6-10-24(23)29-25(30)27(2)28(29)3/h6,9-11,14-15,19H,4-5,7-8,12-13,16H2,1-3H3/b26-17-. The summed E-state index contributed by atoms with van der Waals surface area (Å²) in [6, 6.07) is 12.8. The number of benzene rings is 2. The van der Waals surface area contributed by atoms with Gasteiger partial charge in [0.05, 0.1) is 11.4 Å². The topological polar surface area (TPSA) is 53.5 Å². The molecule has 3 aromatic rings. The van der Waals surface area contributed by atoms with Crippen molar-refractivity contribution in [1.82, 2.24) is 14.2 Å². The van der Waals surface area contributed by atoms with Gasteiger partial charge in [0, 0.05) is 19.7 Å². The van der Waals surface area contributed by atoms with E-state index in [9.17, 15) is 4.79 Å². The lowest BCUT2D eigenvalue weighted by atomic mass is 9.90. The molecule has 1 aromatic heterocycles. The number of hydrogen-bond acceptors (Lipinski definition) is 3.